The summed E-state index contributed by atoms with van der Waals surface area (Å²) in [4.78, 5) is 0. The van der Waals surface area contributed by atoms with Crippen LogP contribution in [0.2, 0.25) is 5.02 Å². The highest BCUT2D eigenvalue weighted by Crippen LogP contribution is 2.25. The summed E-state index contributed by atoms with van der Waals surface area (Å²) in [6, 6.07) is 0. The first-order valence-corrected chi connectivity index (χ1v) is 8.63. The minimum absolute atomic E-state index is 0.612. The number of aromatic nitrogens is 2. The number of halogens is 1. The van der Waals surface area contributed by atoms with Crippen molar-refractivity contribution < 1.29 is 0 Å². The van der Waals surface area contributed by atoms with Gasteiger partial charge in [0, 0.05) is 7.05 Å². The molecule has 0 aromatic carbocycles. The molecule has 21 heavy (non-hydrogen) atoms. The van der Waals surface area contributed by atoms with Gasteiger partial charge in [0.2, 0.25) is 0 Å². The van der Waals surface area contributed by atoms with Crippen LogP contribution in [0, 0.1) is 17.8 Å². The van der Waals surface area contributed by atoms with Gasteiger partial charge < -0.3 is 5.32 Å². The van der Waals surface area contributed by atoms with Crippen molar-refractivity contribution in [3.05, 3.63) is 16.4 Å². The summed E-state index contributed by atoms with van der Waals surface area (Å²) in [5.74, 6) is 2.01. The molecule has 1 aromatic rings. The van der Waals surface area contributed by atoms with Gasteiger partial charge in [-0.05, 0) is 50.1 Å². The molecule has 1 rings (SSSR count). The van der Waals surface area contributed by atoms with Crippen LogP contribution in [-0.2, 0) is 19.9 Å². The van der Waals surface area contributed by atoms with Crippen molar-refractivity contribution in [3.63, 3.8) is 0 Å². The Morgan fingerprint density at radius 2 is 1.81 bits per heavy atom. The Labute approximate surface area is 135 Å². The Morgan fingerprint density at radius 1 is 1.14 bits per heavy atom. The van der Waals surface area contributed by atoms with Crippen molar-refractivity contribution in [1.82, 2.24) is 15.1 Å². The van der Waals surface area contributed by atoms with E-state index >= 15 is 0 Å². The Kier molecular flexibility index (Phi) is 7.75. The molecule has 1 aromatic heterocycles. The van der Waals surface area contributed by atoms with E-state index in [0.717, 1.165) is 36.6 Å². The summed E-state index contributed by atoms with van der Waals surface area (Å²) >= 11 is 6.49. The fourth-order valence-electron chi connectivity index (χ4n) is 2.80. The molecule has 0 saturated carbocycles. The van der Waals surface area contributed by atoms with E-state index in [1.807, 2.05) is 11.7 Å². The van der Waals surface area contributed by atoms with E-state index in [9.17, 15) is 0 Å². The summed E-state index contributed by atoms with van der Waals surface area (Å²) in [6.07, 6.45) is 3.12. The average Bonchev–Trinajstić information content (AvgIpc) is 2.64. The molecule has 1 atom stereocenters. The third-order valence-electron chi connectivity index (χ3n) is 3.78. The van der Waals surface area contributed by atoms with Gasteiger partial charge in [-0.25, -0.2) is 0 Å². The average molecular weight is 314 g/mol. The molecule has 0 saturated heterocycles. The van der Waals surface area contributed by atoms with Crippen LogP contribution in [0.25, 0.3) is 0 Å². The minimum Gasteiger partial charge on any atom is -0.316 e. The number of nitrogens with zero attached hydrogens (tertiary/aromatic N) is 2. The molecule has 0 radical (unpaired) electrons. The molecule has 1 unspecified atom stereocenters. The molecule has 0 amide bonds. The van der Waals surface area contributed by atoms with Crippen LogP contribution in [0.1, 0.15) is 52.4 Å². The smallest absolute Gasteiger partial charge is 0.0849 e. The van der Waals surface area contributed by atoms with E-state index in [2.05, 4.69) is 45.0 Å². The molecular weight excluding hydrogens is 282 g/mol. The first kappa shape index (κ1) is 18.5. The van der Waals surface area contributed by atoms with Gasteiger partial charge in [-0.15, -0.1) is 0 Å². The van der Waals surface area contributed by atoms with Gasteiger partial charge in [0.05, 0.1) is 16.4 Å². The lowest BCUT2D eigenvalue weighted by atomic mass is 9.92. The van der Waals surface area contributed by atoms with Gasteiger partial charge in [0.15, 0.2) is 0 Å². The predicted molar refractivity (Wildman–Crippen MR) is 92.0 cm³/mol. The van der Waals surface area contributed by atoms with Gasteiger partial charge >= 0.3 is 0 Å². The fourth-order valence-corrected chi connectivity index (χ4v) is 3.17. The lowest BCUT2D eigenvalue weighted by Gasteiger charge is -2.20. The standard InChI is InChI=1S/C17H32ClN3/c1-7-15-17(18)16(21(6)20-15)9-14(8-12(2)3)11-19-10-13(4)5/h12-14,19H,7-11H2,1-6H3. The third-order valence-corrected chi connectivity index (χ3v) is 4.21. The summed E-state index contributed by atoms with van der Waals surface area (Å²) in [5, 5.41) is 9.00. The molecule has 0 bridgehead atoms. The highest BCUT2D eigenvalue weighted by atomic mass is 35.5. The number of nitrogens with one attached hydrogen (secondary N) is 1. The van der Waals surface area contributed by atoms with E-state index < -0.39 is 0 Å². The minimum atomic E-state index is 0.612. The maximum absolute atomic E-state index is 6.49. The normalized spacial score (nSPS) is 13.4. The summed E-state index contributed by atoms with van der Waals surface area (Å²) in [6.45, 7) is 13.3. The van der Waals surface area contributed by atoms with E-state index in [0.29, 0.717) is 17.8 Å². The number of rotatable bonds is 9. The largest absolute Gasteiger partial charge is 0.316 e. The summed E-state index contributed by atoms with van der Waals surface area (Å²) in [7, 11) is 2.01. The second kappa shape index (κ2) is 8.79. The zero-order valence-electron chi connectivity index (χ0n) is 14.5. The lowest BCUT2D eigenvalue weighted by molar-refractivity contribution is 0.370. The predicted octanol–water partition coefficient (Wildman–Crippen LogP) is 4.09. The van der Waals surface area contributed by atoms with E-state index in [-0.39, 0.29) is 0 Å². The molecule has 3 nitrogen and oxygen atoms in total. The molecular formula is C17H32ClN3. The quantitative estimate of drug-likeness (QED) is 0.744. The van der Waals surface area contributed by atoms with Crippen LogP contribution in [0.3, 0.4) is 0 Å². The Hall–Kier alpha value is -0.540. The van der Waals surface area contributed by atoms with Crippen LogP contribution in [0.15, 0.2) is 0 Å². The molecule has 1 heterocycles. The van der Waals surface area contributed by atoms with Gasteiger partial charge in [-0.3, -0.25) is 4.68 Å². The van der Waals surface area contributed by atoms with Crippen molar-refractivity contribution >= 4 is 11.6 Å². The monoisotopic (exact) mass is 313 g/mol. The van der Waals surface area contributed by atoms with Crippen molar-refractivity contribution in [1.29, 1.82) is 0 Å². The second-order valence-electron chi connectivity index (χ2n) is 6.94. The zero-order valence-corrected chi connectivity index (χ0v) is 15.3. The number of aryl methyl sites for hydroxylation is 2. The molecule has 0 aliphatic heterocycles. The molecule has 1 N–H and O–H groups in total. The van der Waals surface area contributed by atoms with Gasteiger partial charge in [-0.2, -0.15) is 5.10 Å². The highest BCUT2D eigenvalue weighted by Gasteiger charge is 2.19. The van der Waals surface area contributed by atoms with Crippen molar-refractivity contribution in [2.45, 2.75) is 53.9 Å². The highest BCUT2D eigenvalue weighted by molar-refractivity contribution is 6.31. The van der Waals surface area contributed by atoms with E-state index in [1.54, 1.807) is 0 Å². The van der Waals surface area contributed by atoms with Gasteiger partial charge in [-0.1, -0.05) is 46.2 Å². The first-order chi connectivity index (χ1) is 9.85. The second-order valence-corrected chi connectivity index (χ2v) is 7.31. The first-order valence-electron chi connectivity index (χ1n) is 8.26. The van der Waals surface area contributed by atoms with Crippen LogP contribution >= 0.6 is 11.6 Å². The van der Waals surface area contributed by atoms with Gasteiger partial charge in [0.25, 0.3) is 0 Å². The fraction of sp³-hybridized carbons (Fsp3) is 0.824. The number of hydrogen-bond donors (Lipinski definition) is 1. The van der Waals surface area contributed by atoms with Crippen molar-refractivity contribution in [2.75, 3.05) is 13.1 Å². The summed E-state index contributed by atoms with van der Waals surface area (Å²) < 4.78 is 1.97. The van der Waals surface area contributed by atoms with Gasteiger partial charge in [0.1, 0.15) is 0 Å². The molecule has 0 spiro atoms. The van der Waals surface area contributed by atoms with Crippen LogP contribution < -0.4 is 5.32 Å². The topological polar surface area (TPSA) is 29.9 Å². The zero-order chi connectivity index (χ0) is 16.0. The molecule has 122 valence electrons. The molecule has 0 fully saturated rings. The van der Waals surface area contributed by atoms with Crippen molar-refractivity contribution in [3.8, 4) is 0 Å². The van der Waals surface area contributed by atoms with E-state index in [4.69, 9.17) is 11.6 Å². The van der Waals surface area contributed by atoms with Crippen LogP contribution in [0.5, 0.6) is 0 Å². The molecule has 4 heteroatoms. The lowest BCUT2D eigenvalue weighted by Crippen LogP contribution is -2.29. The Morgan fingerprint density at radius 3 is 2.29 bits per heavy atom. The number of hydrogen-bond acceptors (Lipinski definition) is 2. The van der Waals surface area contributed by atoms with Crippen LogP contribution in [-0.4, -0.2) is 22.9 Å². The third kappa shape index (κ3) is 5.99. The SMILES string of the molecule is CCc1nn(C)c(CC(CNCC(C)C)CC(C)C)c1Cl. The van der Waals surface area contributed by atoms with Crippen molar-refractivity contribution in [2.24, 2.45) is 24.8 Å². The Bertz CT molecular complexity index is 424. The maximum Gasteiger partial charge on any atom is 0.0849 e. The molecule has 0 aliphatic rings. The van der Waals surface area contributed by atoms with Crippen LogP contribution in [0.4, 0.5) is 0 Å². The summed E-state index contributed by atoms with van der Waals surface area (Å²) in [5.41, 5.74) is 2.21. The Balaban J connectivity index is 2.73. The van der Waals surface area contributed by atoms with E-state index in [1.165, 1.54) is 12.1 Å². The maximum atomic E-state index is 6.49. The molecule has 0 aliphatic carbocycles.